The molecule has 3 heterocycles. The van der Waals surface area contributed by atoms with Gasteiger partial charge < -0.3 is 9.47 Å². The average Bonchev–Trinajstić information content (AvgIpc) is 2.93. The molecule has 1 atom stereocenters. The molecule has 1 aliphatic rings. The van der Waals surface area contributed by atoms with E-state index in [1.54, 1.807) is 11.3 Å². The molecule has 0 unspecified atom stereocenters. The highest BCUT2D eigenvalue weighted by Gasteiger charge is 2.26. The molecule has 3 rings (SSSR count). The molecule has 0 aliphatic carbocycles. The molecule has 1 aliphatic heterocycles. The van der Waals surface area contributed by atoms with Crippen molar-refractivity contribution in [2.75, 3.05) is 6.54 Å². The Hall–Kier alpha value is -1.29. The van der Waals surface area contributed by atoms with Gasteiger partial charge >= 0.3 is 0 Å². The Balaban J connectivity index is 1.95. The maximum Gasteiger partial charge on any atom is 0.270 e. The van der Waals surface area contributed by atoms with E-state index in [2.05, 4.69) is 18.4 Å². The van der Waals surface area contributed by atoms with Crippen LogP contribution < -0.4 is 0 Å². The van der Waals surface area contributed by atoms with E-state index in [0.717, 1.165) is 30.6 Å². The quantitative estimate of drug-likeness (QED) is 0.774. The van der Waals surface area contributed by atoms with Gasteiger partial charge in [0, 0.05) is 19.6 Å². The molecule has 1 saturated heterocycles. The van der Waals surface area contributed by atoms with Gasteiger partial charge in [-0.05, 0) is 43.7 Å². The molecular formula is C14H18N2OS. The van der Waals surface area contributed by atoms with Gasteiger partial charge in [0.15, 0.2) is 0 Å². The molecule has 0 spiro atoms. The van der Waals surface area contributed by atoms with Crippen LogP contribution >= 0.6 is 11.3 Å². The number of hydrogen-bond acceptors (Lipinski definition) is 2. The Kier molecular flexibility index (Phi) is 2.90. The van der Waals surface area contributed by atoms with Gasteiger partial charge in [-0.15, -0.1) is 11.3 Å². The van der Waals surface area contributed by atoms with Gasteiger partial charge in [0.05, 0.1) is 10.2 Å². The van der Waals surface area contributed by atoms with Crippen LogP contribution in [0.1, 0.15) is 36.7 Å². The van der Waals surface area contributed by atoms with Crippen molar-refractivity contribution in [2.24, 2.45) is 7.05 Å². The lowest BCUT2D eigenvalue weighted by Crippen LogP contribution is -2.42. The fraction of sp³-hybridized carbons (Fsp3) is 0.500. The van der Waals surface area contributed by atoms with E-state index in [1.807, 2.05) is 22.6 Å². The second-order valence-corrected chi connectivity index (χ2v) is 6.05. The van der Waals surface area contributed by atoms with E-state index < -0.39 is 0 Å². The first-order valence-corrected chi connectivity index (χ1v) is 7.40. The summed E-state index contributed by atoms with van der Waals surface area (Å²) in [6.07, 6.45) is 3.51. The Bertz CT molecular complexity index is 584. The van der Waals surface area contributed by atoms with E-state index in [-0.39, 0.29) is 5.91 Å². The fourth-order valence-corrected chi connectivity index (χ4v) is 3.65. The molecule has 3 nitrogen and oxygen atoms in total. The van der Waals surface area contributed by atoms with Crippen molar-refractivity contribution in [2.45, 2.75) is 32.2 Å². The maximum absolute atomic E-state index is 12.6. The third-order valence-electron chi connectivity index (χ3n) is 3.95. The molecule has 96 valence electrons. The molecule has 0 saturated carbocycles. The number of nitrogens with zero attached hydrogens (tertiary/aromatic N) is 2. The number of rotatable bonds is 1. The first kappa shape index (κ1) is 11.8. The highest BCUT2D eigenvalue weighted by Crippen LogP contribution is 2.26. The van der Waals surface area contributed by atoms with E-state index in [0.29, 0.717) is 6.04 Å². The van der Waals surface area contributed by atoms with Gasteiger partial charge in [-0.25, -0.2) is 0 Å². The van der Waals surface area contributed by atoms with Crippen LogP contribution in [0.4, 0.5) is 0 Å². The molecule has 0 aromatic carbocycles. The third kappa shape index (κ3) is 1.75. The highest BCUT2D eigenvalue weighted by atomic mass is 32.1. The number of piperidine rings is 1. The van der Waals surface area contributed by atoms with Gasteiger partial charge in [-0.3, -0.25) is 4.79 Å². The molecular weight excluding hydrogens is 244 g/mol. The van der Waals surface area contributed by atoms with Crippen LogP contribution in [-0.4, -0.2) is 28.0 Å². The Morgan fingerprint density at radius 3 is 3.00 bits per heavy atom. The topological polar surface area (TPSA) is 25.2 Å². The Labute approximate surface area is 111 Å². The predicted octanol–water partition coefficient (Wildman–Crippen LogP) is 3.25. The van der Waals surface area contributed by atoms with E-state index in [1.165, 1.54) is 11.1 Å². The summed E-state index contributed by atoms with van der Waals surface area (Å²) in [4.78, 5) is 14.6. The monoisotopic (exact) mass is 262 g/mol. The van der Waals surface area contributed by atoms with Crippen molar-refractivity contribution in [1.29, 1.82) is 0 Å². The second-order valence-electron chi connectivity index (χ2n) is 5.10. The number of aromatic nitrogens is 1. The number of hydrogen-bond donors (Lipinski definition) is 0. The first-order valence-electron chi connectivity index (χ1n) is 6.52. The van der Waals surface area contributed by atoms with Crippen molar-refractivity contribution >= 4 is 27.5 Å². The lowest BCUT2D eigenvalue weighted by Gasteiger charge is -2.33. The summed E-state index contributed by atoms with van der Waals surface area (Å²) in [5.74, 6) is 0.188. The van der Waals surface area contributed by atoms with Gasteiger partial charge in [0.25, 0.3) is 5.91 Å². The average molecular weight is 262 g/mol. The molecule has 4 heteroatoms. The molecule has 1 amide bonds. The zero-order valence-corrected chi connectivity index (χ0v) is 11.7. The minimum atomic E-state index is 0.188. The minimum absolute atomic E-state index is 0.188. The van der Waals surface area contributed by atoms with Crippen molar-refractivity contribution in [1.82, 2.24) is 9.47 Å². The number of carbonyl (C=O) groups excluding carboxylic acids is 1. The summed E-state index contributed by atoms with van der Waals surface area (Å²) in [5.41, 5.74) is 1.98. The summed E-state index contributed by atoms with van der Waals surface area (Å²) in [7, 11) is 1.98. The Morgan fingerprint density at radius 1 is 1.44 bits per heavy atom. The lowest BCUT2D eigenvalue weighted by molar-refractivity contribution is 0.0626. The molecule has 18 heavy (non-hydrogen) atoms. The van der Waals surface area contributed by atoms with Gasteiger partial charge in [-0.1, -0.05) is 0 Å². The van der Waals surface area contributed by atoms with Crippen LogP contribution in [0.5, 0.6) is 0 Å². The molecule has 2 aromatic heterocycles. The number of amides is 1. The zero-order chi connectivity index (χ0) is 12.7. The van der Waals surface area contributed by atoms with Crippen LogP contribution in [0.2, 0.25) is 0 Å². The number of aryl methyl sites for hydroxylation is 1. The zero-order valence-electron chi connectivity index (χ0n) is 10.8. The highest BCUT2D eigenvalue weighted by molar-refractivity contribution is 7.17. The maximum atomic E-state index is 12.6. The summed E-state index contributed by atoms with van der Waals surface area (Å²) < 4.78 is 3.22. The number of likely N-dealkylation sites (tertiary alicyclic amines) is 1. The largest absolute Gasteiger partial charge is 0.339 e. The second kappa shape index (κ2) is 4.43. The van der Waals surface area contributed by atoms with Crippen LogP contribution in [-0.2, 0) is 7.05 Å². The van der Waals surface area contributed by atoms with Gasteiger partial charge in [-0.2, -0.15) is 0 Å². The van der Waals surface area contributed by atoms with Gasteiger partial charge in [0.1, 0.15) is 5.69 Å². The summed E-state index contributed by atoms with van der Waals surface area (Å²) in [5, 5.41) is 2.07. The molecule has 2 aromatic rings. The van der Waals surface area contributed by atoms with E-state index in [9.17, 15) is 4.79 Å². The fourth-order valence-electron chi connectivity index (χ4n) is 2.80. The van der Waals surface area contributed by atoms with Crippen molar-refractivity contribution in [3.05, 3.63) is 23.2 Å². The molecule has 0 N–H and O–H groups in total. The minimum Gasteiger partial charge on any atom is -0.339 e. The van der Waals surface area contributed by atoms with Crippen molar-refractivity contribution in [3.63, 3.8) is 0 Å². The lowest BCUT2D eigenvalue weighted by atomic mass is 10.0. The molecule has 0 radical (unpaired) electrons. The normalized spacial score (nSPS) is 20.6. The summed E-state index contributed by atoms with van der Waals surface area (Å²) in [6.45, 7) is 3.06. The van der Waals surface area contributed by atoms with Crippen LogP contribution in [0, 0.1) is 0 Å². The van der Waals surface area contributed by atoms with Crippen molar-refractivity contribution < 1.29 is 4.79 Å². The first-order chi connectivity index (χ1) is 8.68. The number of fused-ring (bicyclic) bond motifs is 1. The SMILES string of the molecule is C[C@H]1CCCCN1C(=O)c1cc2sccc2n1C. The van der Waals surface area contributed by atoms with Crippen LogP contribution in [0.3, 0.4) is 0 Å². The number of carbonyl (C=O) groups is 1. The smallest absolute Gasteiger partial charge is 0.270 e. The predicted molar refractivity (Wildman–Crippen MR) is 75.1 cm³/mol. The Morgan fingerprint density at radius 2 is 2.28 bits per heavy atom. The molecule has 0 bridgehead atoms. The van der Waals surface area contributed by atoms with Gasteiger partial charge in [0.2, 0.25) is 0 Å². The standard InChI is InChI=1S/C14H18N2OS/c1-10-5-3-4-7-16(10)14(17)12-9-13-11(15(12)2)6-8-18-13/h6,8-10H,3-5,7H2,1-2H3/t10-/m0/s1. The molecule has 1 fully saturated rings. The third-order valence-corrected chi connectivity index (χ3v) is 4.80. The van der Waals surface area contributed by atoms with Crippen molar-refractivity contribution in [3.8, 4) is 0 Å². The van der Waals surface area contributed by atoms with E-state index >= 15 is 0 Å². The summed E-state index contributed by atoms with van der Waals surface area (Å²) >= 11 is 1.70. The van der Waals surface area contributed by atoms with E-state index in [4.69, 9.17) is 0 Å². The summed E-state index contributed by atoms with van der Waals surface area (Å²) in [6, 6.07) is 4.49. The van der Waals surface area contributed by atoms with Crippen LogP contribution in [0.15, 0.2) is 17.5 Å². The van der Waals surface area contributed by atoms with Crippen LogP contribution in [0.25, 0.3) is 10.2 Å². The number of thiophene rings is 1.